The molecule has 1 aliphatic heterocycles. The summed E-state index contributed by atoms with van der Waals surface area (Å²) in [6.45, 7) is 2.85. The highest BCUT2D eigenvalue weighted by Gasteiger charge is 2.38. The van der Waals surface area contributed by atoms with E-state index in [0.717, 1.165) is 45.1 Å². The minimum atomic E-state index is -0.0303. The number of carbonyl (C=O) groups is 1. The lowest BCUT2D eigenvalue weighted by atomic mass is 9.78. The van der Waals surface area contributed by atoms with E-state index in [-0.39, 0.29) is 23.7 Å². The summed E-state index contributed by atoms with van der Waals surface area (Å²) in [6.07, 6.45) is 12.0. The van der Waals surface area contributed by atoms with Gasteiger partial charge >= 0.3 is 6.03 Å². The van der Waals surface area contributed by atoms with Crippen molar-refractivity contribution in [1.82, 2.24) is 15.2 Å². The van der Waals surface area contributed by atoms with E-state index in [4.69, 9.17) is 4.74 Å². The predicted molar refractivity (Wildman–Crippen MR) is 99.7 cm³/mol. The molecule has 0 bridgehead atoms. The van der Waals surface area contributed by atoms with Gasteiger partial charge < -0.3 is 19.9 Å². The number of nitrogens with one attached hydrogen (secondary N) is 2. The fourth-order valence-corrected chi connectivity index (χ4v) is 4.34. The summed E-state index contributed by atoms with van der Waals surface area (Å²) in [5.41, 5.74) is 1.34. The van der Waals surface area contributed by atoms with Gasteiger partial charge in [0.05, 0.1) is 5.60 Å². The molecule has 2 atom stereocenters. The second-order valence-corrected chi connectivity index (χ2v) is 7.95. The van der Waals surface area contributed by atoms with Crippen LogP contribution in [0.3, 0.4) is 0 Å². The monoisotopic (exact) mass is 347 g/mol. The highest BCUT2D eigenvalue weighted by atomic mass is 16.5. The van der Waals surface area contributed by atoms with Crippen LogP contribution in [0.25, 0.3) is 0 Å². The number of nitrogens with zero attached hydrogens (tertiary/aromatic N) is 1. The first-order valence-corrected chi connectivity index (χ1v) is 9.87. The van der Waals surface area contributed by atoms with Crippen LogP contribution in [0, 0.1) is 0 Å². The Morgan fingerprint density at radius 1 is 1.40 bits per heavy atom. The zero-order valence-electron chi connectivity index (χ0n) is 15.7. The predicted octanol–water partition coefficient (Wildman–Crippen LogP) is 3.53. The van der Waals surface area contributed by atoms with Gasteiger partial charge in [-0.25, -0.2) is 4.79 Å². The van der Waals surface area contributed by atoms with Crippen LogP contribution in [0.5, 0.6) is 0 Å². The third-order valence-corrected chi connectivity index (χ3v) is 5.86. The first-order chi connectivity index (χ1) is 12.1. The van der Waals surface area contributed by atoms with E-state index in [1.807, 2.05) is 0 Å². The van der Waals surface area contributed by atoms with E-state index >= 15 is 0 Å². The zero-order chi connectivity index (χ0) is 17.7. The van der Waals surface area contributed by atoms with Crippen molar-refractivity contribution in [3.63, 3.8) is 0 Å². The van der Waals surface area contributed by atoms with Gasteiger partial charge in [-0.15, -0.1) is 0 Å². The first-order valence-electron chi connectivity index (χ1n) is 9.87. The molecule has 1 saturated carbocycles. The molecular weight excluding hydrogens is 314 g/mol. The summed E-state index contributed by atoms with van der Waals surface area (Å²) in [7, 11) is 2.06. The SMILES string of the molecule is C[C@@H](CCc1cccn1C)NC(=O)N[C@H]1CCOC2(CCCCC2)C1. The molecule has 2 fully saturated rings. The van der Waals surface area contributed by atoms with Crippen LogP contribution >= 0.6 is 0 Å². The van der Waals surface area contributed by atoms with Crippen LogP contribution < -0.4 is 10.6 Å². The first kappa shape index (κ1) is 18.3. The van der Waals surface area contributed by atoms with Crippen molar-refractivity contribution >= 4 is 6.03 Å². The fraction of sp³-hybridized carbons (Fsp3) is 0.750. The highest BCUT2D eigenvalue weighted by Crippen LogP contribution is 2.38. The van der Waals surface area contributed by atoms with Crippen LogP contribution in [-0.4, -0.2) is 34.9 Å². The number of aryl methyl sites for hydroxylation is 2. The maximum Gasteiger partial charge on any atom is 0.315 e. The van der Waals surface area contributed by atoms with Crippen LogP contribution in [0.4, 0.5) is 4.79 Å². The molecule has 1 aromatic rings. The van der Waals surface area contributed by atoms with Gasteiger partial charge in [0.2, 0.25) is 0 Å². The number of hydrogen-bond donors (Lipinski definition) is 2. The molecule has 1 aromatic heterocycles. The maximum atomic E-state index is 12.4. The largest absolute Gasteiger partial charge is 0.375 e. The van der Waals surface area contributed by atoms with Gasteiger partial charge in [-0.1, -0.05) is 19.3 Å². The number of amides is 2. The number of urea groups is 1. The lowest BCUT2D eigenvalue weighted by Gasteiger charge is -2.43. The summed E-state index contributed by atoms with van der Waals surface area (Å²) >= 11 is 0. The van der Waals surface area contributed by atoms with E-state index < -0.39 is 0 Å². The summed E-state index contributed by atoms with van der Waals surface area (Å²) in [6, 6.07) is 4.58. The number of rotatable bonds is 5. The van der Waals surface area contributed by atoms with Crippen molar-refractivity contribution < 1.29 is 9.53 Å². The minimum Gasteiger partial charge on any atom is -0.375 e. The Labute approximate surface area is 151 Å². The van der Waals surface area contributed by atoms with Gasteiger partial charge in [0.25, 0.3) is 0 Å². The fourth-order valence-electron chi connectivity index (χ4n) is 4.34. The molecule has 5 nitrogen and oxygen atoms in total. The molecule has 1 aliphatic carbocycles. The minimum absolute atomic E-state index is 0.0303. The third kappa shape index (κ3) is 5.00. The molecule has 0 unspecified atom stereocenters. The Morgan fingerprint density at radius 2 is 2.20 bits per heavy atom. The molecule has 1 spiro atoms. The van der Waals surface area contributed by atoms with E-state index in [9.17, 15) is 4.79 Å². The normalized spacial score (nSPS) is 24.0. The molecule has 5 heteroatoms. The molecule has 0 radical (unpaired) electrons. The lowest BCUT2D eigenvalue weighted by molar-refractivity contribution is -0.107. The topological polar surface area (TPSA) is 55.3 Å². The summed E-state index contributed by atoms with van der Waals surface area (Å²) < 4.78 is 8.25. The van der Waals surface area contributed by atoms with E-state index in [2.05, 4.69) is 47.5 Å². The van der Waals surface area contributed by atoms with Crippen molar-refractivity contribution in [2.75, 3.05) is 6.61 Å². The Balaban J connectivity index is 1.41. The van der Waals surface area contributed by atoms with Crippen molar-refractivity contribution in [2.24, 2.45) is 7.05 Å². The summed E-state index contributed by atoms with van der Waals surface area (Å²) in [5, 5.41) is 6.29. The molecular formula is C20H33N3O2. The van der Waals surface area contributed by atoms with E-state index in [0.29, 0.717) is 0 Å². The van der Waals surface area contributed by atoms with Gasteiger partial charge in [-0.2, -0.15) is 0 Å². The molecule has 2 amide bonds. The molecule has 2 aliphatic rings. The lowest BCUT2D eigenvalue weighted by Crippen LogP contribution is -2.52. The molecule has 3 rings (SSSR count). The average Bonchev–Trinajstić information content (AvgIpc) is 2.99. The Morgan fingerprint density at radius 3 is 2.92 bits per heavy atom. The van der Waals surface area contributed by atoms with Crippen LogP contribution in [0.15, 0.2) is 18.3 Å². The highest BCUT2D eigenvalue weighted by molar-refractivity contribution is 5.74. The standard InChI is InChI=1S/C20H33N3O2/c1-16(8-9-18-7-6-13-23(18)2)21-19(24)22-17-10-14-25-20(15-17)11-4-3-5-12-20/h6-7,13,16-17H,3-5,8-12,14-15H2,1-2H3,(H2,21,22,24)/t16-,17-/m0/s1. The smallest absolute Gasteiger partial charge is 0.315 e. The summed E-state index contributed by atoms with van der Waals surface area (Å²) in [4.78, 5) is 12.4. The van der Waals surface area contributed by atoms with Gasteiger partial charge in [0.1, 0.15) is 0 Å². The zero-order valence-corrected chi connectivity index (χ0v) is 15.7. The average molecular weight is 348 g/mol. The van der Waals surface area contributed by atoms with Gasteiger partial charge in [0, 0.05) is 37.6 Å². The van der Waals surface area contributed by atoms with Crippen LogP contribution in [0.2, 0.25) is 0 Å². The Kier molecular flexibility index (Phi) is 6.05. The third-order valence-electron chi connectivity index (χ3n) is 5.86. The number of carbonyl (C=O) groups excluding carboxylic acids is 1. The van der Waals surface area contributed by atoms with Crippen LogP contribution in [-0.2, 0) is 18.2 Å². The molecule has 2 heterocycles. The van der Waals surface area contributed by atoms with Gasteiger partial charge in [-0.3, -0.25) is 0 Å². The maximum absolute atomic E-state index is 12.4. The molecule has 140 valence electrons. The van der Waals surface area contributed by atoms with Gasteiger partial charge in [0.15, 0.2) is 0 Å². The van der Waals surface area contributed by atoms with Crippen molar-refractivity contribution in [3.8, 4) is 0 Å². The number of hydrogen-bond acceptors (Lipinski definition) is 2. The second kappa shape index (κ2) is 8.26. The molecule has 25 heavy (non-hydrogen) atoms. The van der Waals surface area contributed by atoms with Crippen molar-refractivity contribution in [1.29, 1.82) is 0 Å². The molecule has 1 saturated heterocycles. The quantitative estimate of drug-likeness (QED) is 0.856. The Bertz CT molecular complexity index is 558. The summed E-state index contributed by atoms with van der Waals surface area (Å²) in [5.74, 6) is 0. The van der Waals surface area contributed by atoms with Crippen molar-refractivity contribution in [2.45, 2.75) is 82.4 Å². The van der Waals surface area contributed by atoms with E-state index in [1.165, 1.54) is 25.0 Å². The van der Waals surface area contributed by atoms with Gasteiger partial charge in [-0.05, 0) is 57.6 Å². The number of aromatic nitrogens is 1. The van der Waals surface area contributed by atoms with Crippen LogP contribution in [0.1, 0.15) is 64.0 Å². The van der Waals surface area contributed by atoms with E-state index in [1.54, 1.807) is 0 Å². The second-order valence-electron chi connectivity index (χ2n) is 7.95. The molecule has 0 aromatic carbocycles. The van der Waals surface area contributed by atoms with Crippen molar-refractivity contribution in [3.05, 3.63) is 24.0 Å². The Hall–Kier alpha value is -1.49. The molecule has 2 N–H and O–H groups in total. The number of ether oxygens (including phenoxy) is 1.